The maximum Gasteiger partial charge on any atom is -1.00 e. The molecule has 2 atom stereocenters. The largest absolute Gasteiger partial charge is 1.00 e. The van der Waals surface area contributed by atoms with E-state index in [0.717, 1.165) is 24.4 Å². The fraction of sp³-hybridized carbons (Fsp3) is 0.250. The summed E-state index contributed by atoms with van der Waals surface area (Å²) in [5.41, 5.74) is 11.2. The molecule has 0 N–H and O–H groups in total. The normalized spacial score (nSPS) is 16.8. The molecule has 2 aliphatic carbocycles. The van der Waals surface area contributed by atoms with Crippen molar-refractivity contribution in [3.05, 3.63) is 107 Å². The van der Waals surface area contributed by atoms with Crippen LogP contribution >= 0.6 is 0 Å². The van der Waals surface area contributed by atoms with Crippen LogP contribution in [0.5, 0.6) is 0 Å². The predicted octanol–water partition coefficient (Wildman–Crippen LogP) is 3.48. The van der Waals surface area contributed by atoms with E-state index >= 15 is 0 Å². The Morgan fingerprint density at radius 3 is 1.45 bits per heavy atom. The van der Waals surface area contributed by atoms with Gasteiger partial charge in [0, 0.05) is 0 Å². The minimum absolute atomic E-state index is 0. The van der Waals surface area contributed by atoms with E-state index in [4.69, 9.17) is 8.83 Å². The number of fused-ring (bicyclic) bond motifs is 2. The first kappa shape index (κ1) is 29.2. The van der Waals surface area contributed by atoms with E-state index in [0.29, 0.717) is 7.25 Å². The van der Waals surface area contributed by atoms with Crippen molar-refractivity contribution in [3.63, 3.8) is 0 Å². The Kier molecular flexibility index (Phi) is 9.30. The third-order valence-corrected chi connectivity index (χ3v) is 27.4. The van der Waals surface area contributed by atoms with E-state index in [1.165, 1.54) is 22.3 Å². The van der Waals surface area contributed by atoms with Crippen molar-refractivity contribution in [2.24, 2.45) is 0 Å². The van der Waals surface area contributed by atoms with Gasteiger partial charge in [0.15, 0.2) is 0 Å². The van der Waals surface area contributed by atoms with Crippen molar-refractivity contribution in [2.45, 2.75) is 47.0 Å². The van der Waals surface area contributed by atoms with Gasteiger partial charge in [-0.1, -0.05) is 0 Å². The zero-order valence-electron chi connectivity index (χ0n) is 22.2. The number of allylic oxidation sites excluding steroid dienone is 2. The Hall–Kier alpha value is -1.84. The zero-order chi connectivity index (χ0) is 24.8. The summed E-state index contributed by atoms with van der Waals surface area (Å²) in [4.78, 5) is 0. The summed E-state index contributed by atoms with van der Waals surface area (Å²) in [6.45, 7) is 9.90. The van der Waals surface area contributed by atoms with Crippen LogP contribution in [0.1, 0.15) is 56.2 Å². The average Bonchev–Trinajstić information content (AvgIpc) is 3.70. The molecule has 0 aliphatic heterocycles. The first-order chi connectivity index (χ1) is 17.6. The minimum Gasteiger partial charge on any atom is -1.00 e. The van der Waals surface area contributed by atoms with Gasteiger partial charge in [0.1, 0.15) is 0 Å². The van der Waals surface area contributed by atoms with Gasteiger partial charge in [-0.2, -0.15) is 0 Å². The van der Waals surface area contributed by atoms with Crippen LogP contribution in [0.15, 0.2) is 93.2 Å². The molecule has 0 spiro atoms. The number of halogens is 2. The van der Waals surface area contributed by atoms with E-state index in [1.54, 1.807) is 34.8 Å². The van der Waals surface area contributed by atoms with E-state index in [-0.39, 0.29) is 24.8 Å². The van der Waals surface area contributed by atoms with Gasteiger partial charge in [0.2, 0.25) is 0 Å². The first-order valence-electron chi connectivity index (χ1n) is 13.0. The molecule has 0 amide bonds. The van der Waals surface area contributed by atoms with Gasteiger partial charge < -0.3 is 24.8 Å². The van der Waals surface area contributed by atoms with Gasteiger partial charge in [-0.15, -0.1) is 0 Å². The van der Waals surface area contributed by atoms with Crippen molar-refractivity contribution < 1.29 is 54.0 Å². The average molecular weight is 639 g/mol. The minimum atomic E-state index is -2.12. The van der Waals surface area contributed by atoms with Crippen LogP contribution in [0, 0.1) is 0 Å². The fourth-order valence-corrected chi connectivity index (χ4v) is 27.1. The van der Waals surface area contributed by atoms with Gasteiger partial charge in [0.25, 0.3) is 0 Å². The molecule has 6 heteroatoms. The Labute approximate surface area is 246 Å². The molecule has 2 heterocycles. The molecular formula is C32H32Cl2O2SiZr. The molecule has 2 unspecified atom stereocenters. The summed E-state index contributed by atoms with van der Waals surface area (Å²) in [5, 5.41) is 0. The maximum atomic E-state index is 5.86. The van der Waals surface area contributed by atoms with Crippen LogP contribution in [0.4, 0.5) is 0 Å². The van der Waals surface area contributed by atoms with Crippen molar-refractivity contribution in [2.75, 3.05) is 0 Å². The topological polar surface area (TPSA) is 26.3 Å². The molecule has 2 aromatic carbocycles. The van der Waals surface area contributed by atoms with Gasteiger partial charge >= 0.3 is 223 Å². The summed E-state index contributed by atoms with van der Waals surface area (Å²) in [7, 11) is 0. The number of rotatable bonds is 6. The summed E-state index contributed by atoms with van der Waals surface area (Å²) >= 11 is -2.12. The zero-order valence-corrected chi connectivity index (χ0v) is 27.2. The SMILES string of the molecule is CCC1=Cc2c(-c3ccco3)cccc2[CH]1[Zr+2]([CH]1C(CC)=Cc2c(-c3ccco3)cccc21)=[Si](C)C.[Cl-].[Cl-]. The molecule has 0 fully saturated rings. The second-order valence-electron chi connectivity index (χ2n) is 10.0. The summed E-state index contributed by atoms with van der Waals surface area (Å²) < 4.78 is 13.0. The van der Waals surface area contributed by atoms with Crippen LogP contribution in [-0.4, -0.2) is 5.43 Å². The van der Waals surface area contributed by atoms with E-state index in [2.05, 4.69) is 87.6 Å². The maximum absolute atomic E-state index is 5.86. The van der Waals surface area contributed by atoms with E-state index in [9.17, 15) is 0 Å². The monoisotopic (exact) mass is 636 g/mol. The molecule has 4 aromatic rings. The molecular weight excluding hydrogens is 607 g/mol. The van der Waals surface area contributed by atoms with Crippen LogP contribution in [-0.2, 0) is 20.4 Å². The Balaban J connectivity index is 0.00000168. The first-order valence-corrected chi connectivity index (χ1v) is 22.1. The van der Waals surface area contributed by atoms with E-state index in [1.807, 2.05) is 12.1 Å². The molecule has 6 rings (SSSR count). The number of benzene rings is 2. The second-order valence-corrected chi connectivity index (χ2v) is 27.9. The molecule has 0 radical (unpaired) electrons. The van der Waals surface area contributed by atoms with Gasteiger partial charge in [-0.25, -0.2) is 0 Å². The Morgan fingerprint density at radius 1 is 0.658 bits per heavy atom. The Morgan fingerprint density at radius 2 is 1.11 bits per heavy atom. The number of furan rings is 2. The second kappa shape index (κ2) is 12.1. The third kappa shape index (κ3) is 4.83. The van der Waals surface area contributed by atoms with Crippen molar-refractivity contribution in [1.29, 1.82) is 0 Å². The molecule has 2 aliphatic rings. The summed E-state index contributed by atoms with van der Waals surface area (Å²) in [6, 6.07) is 22.0. The van der Waals surface area contributed by atoms with Crippen LogP contribution in [0.3, 0.4) is 0 Å². The number of hydrogen-bond acceptors (Lipinski definition) is 2. The van der Waals surface area contributed by atoms with E-state index < -0.39 is 25.8 Å². The van der Waals surface area contributed by atoms with Crippen molar-refractivity contribution in [3.8, 4) is 22.6 Å². The van der Waals surface area contributed by atoms with Gasteiger partial charge in [-0.3, -0.25) is 0 Å². The fourth-order valence-electron chi connectivity index (χ4n) is 6.31. The number of hydrogen-bond donors (Lipinski definition) is 0. The quantitative estimate of drug-likeness (QED) is 0.303. The molecule has 0 saturated carbocycles. The predicted molar refractivity (Wildman–Crippen MR) is 148 cm³/mol. The Bertz CT molecular complexity index is 1420. The van der Waals surface area contributed by atoms with Gasteiger partial charge in [0.05, 0.1) is 0 Å². The van der Waals surface area contributed by atoms with Gasteiger partial charge in [-0.05, 0) is 0 Å². The van der Waals surface area contributed by atoms with Crippen molar-refractivity contribution >= 4 is 17.6 Å². The summed E-state index contributed by atoms with van der Waals surface area (Å²) in [5.74, 6) is 1.96. The third-order valence-electron chi connectivity index (χ3n) is 7.89. The molecule has 194 valence electrons. The van der Waals surface area contributed by atoms with Crippen LogP contribution in [0.2, 0.25) is 13.1 Å². The molecule has 0 saturated heterocycles. The van der Waals surface area contributed by atoms with Crippen LogP contribution < -0.4 is 24.8 Å². The van der Waals surface area contributed by atoms with Crippen molar-refractivity contribution in [1.82, 2.24) is 0 Å². The summed E-state index contributed by atoms with van der Waals surface area (Å²) in [6.07, 6.45) is 10.9. The molecule has 2 aromatic heterocycles. The van der Waals surface area contributed by atoms with Crippen LogP contribution in [0.25, 0.3) is 34.8 Å². The molecule has 0 bridgehead atoms. The standard InChI is InChI=1S/2C15H13O.C2H6Si.2ClH.Zr/c2*1-2-11-9-12-5-3-6-13(14(12)10-11)15-7-4-8-16-15;1-3-2;;;/h2*3-10H,2H2,1H3;1-2H3;2*1H;/q;;;;;+2/p-2. The molecule has 2 nitrogen and oxygen atoms in total. The smallest absolute Gasteiger partial charge is 1.00 e. The molecule has 38 heavy (non-hydrogen) atoms.